The third-order valence-electron chi connectivity index (χ3n) is 2.90. The van der Waals surface area contributed by atoms with Crippen molar-refractivity contribution >= 4 is 17.6 Å². The van der Waals surface area contributed by atoms with E-state index in [1.54, 1.807) is 18.2 Å². The summed E-state index contributed by atoms with van der Waals surface area (Å²) in [5.41, 5.74) is 4.22. The molecule has 0 bridgehead atoms. The van der Waals surface area contributed by atoms with Gasteiger partial charge in [-0.05, 0) is 31.5 Å². The van der Waals surface area contributed by atoms with E-state index in [9.17, 15) is 4.79 Å². The van der Waals surface area contributed by atoms with E-state index in [4.69, 9.17) is 21.1 Å². The van der Waals surface area contributed by atoms with E-state index in [0.29, 0.717) is 22.3 Å². The molecule has 0 saturated heterocycles. The van der Waals surface area contributed by atoms with Crippen molar-refractivity contribution in [2.45, 2.75) is 26.4 Å². The number of ether oxygens (including phenoxy) is 2. The average molecular weight is 287 g/mol. The van der Waals surface area contributed by atoms with Gasteiger partial charge < -0.3 is 15.2 Å². The summed E-state index contributed by atoms with van der Waals surface area (Å²) in [4.78, 5) is 11.7. The van der Waals surface area contributed by atoms with Crippen molar-refractivity contribution in [1.29, 1.82) is 0 Å². The number of methoxy groups -OCH3 is 1. The average Bonchev–Trinajstić information content (AvgIpc) is 2.39. The molecule has 2 atom stereocenters. The van der Waals surface area contributed by atoms with Crippen molar-refractivity contribution in [2.24, 2.45) is 5.92 Å². The van der Waals surface area contributed by atoms with Gasteiger partial charge in [0, 0.05) is 10.9 Å². The summed E-state index contributed by atoms with van der Waals surface area (Å²) in [5, 5.41) is 0.478. The van der Waals surface area contributed by atoms with Gasteiger partial charge in [-0.25, -0.2) is 4.79 Å². The number of carbonyl (C=O) groups is 1. The molecule has 0 aliphatic rings. The second kappa shape index (κ2) is 7.36. The first-order chi connectivity index (χ1) is 8.97. The second-order valence-corrected chi connectivity index (χ2v) is 5.13. The van der Waals surface area contributed by atoms with Crippen LogP contribution < -0.4 is 10.5 Å². The van der Waals surface area contributed by atoms with Gasteiger partial charge in [-0.2, -0.15) is 0 Å². The molecule has 1 aromatic carbocycles. The fourth-order valence-corrected chi connectivity index (χ4v) is 2.00. The van der Waals surface area contributed by atoms with Gasteiger partial charge in [-0.1, -0.05) is 18.5 Å². The molecule has 0 radical (unpaired) electrons. The van der Waals surface area contributed by atoms with E-state index in [-0.39, 0.29) is 6.10 Å². The van der Waals surface area contributed by atoms with Gasteiger partial charge in [0.25, 0.3) is 0 Å². The highest BCUT2D eigenvalue weighted by molar-refractivity contribution is 6.31. The van der Waals surface area contributed by atoms with Crippen LogP contribution in [0.5, 0.6) is 5.75 Å². The number of rotatable bonds is 6. The Kier molecular flexibility index (Phi) is 6.12. The summed E-state index contributed by atoms with van der Waals surface area (Å²) in [7, 11) is 1.33. The van der Waals surface area contributed by atoms with Gasteiger partial charge in [-0.15, -0.1) is 0 Å². The van der Waals surface area contributed by atoms with Gasteiger partial charge in [0.1, 0.15) is 11.3 Å². The molecule has 0 aromatic heterocycles. The van der Waals surface area contributed by atoms with Crippen molar-refractivity contribution in [2.75, 3.05) is 13.7 Å². The number of quaternary nitrogens is 1. The van der Waals surface area contributed by atoms with Crippen molar-refractivity contribution in [3.05, 3.63) is 28.8 Å². The third-order valence-corrected chi connectivity index (χ3v) is 3.14. The van der Waals surface area contributed by atoms with E-state index < -0.39 is 5.97 Å². The second-order valence-electron chi connectivity index (χ2n) is 4.69. The highest BCUT2D eigenvalue weighted by Gasteiger charge is 2.17. The quantitative estimate of drug-likeness (QED) is 0.815. The molecule has 1 rings (SSSR count). The molecular weight excluding hydrogens is 266 g/mol. The third kappa shape index (κ3) is 4.73. The van der Waals surface area contributed by atoms with Crippen LogP contribution in [-0.2, 0) is 4.74 Å². The Bertz CT molecular complexity index is 437. The largest absolute Gasteiger partial charge is 0.490 e. The van der Waals surface area contributed by atoms with E-state index in [0.717, 1.165) is 13.0 Å². The molecule has 1 aromatic rings. The first-order valence-corrected chi connectivity index (χ1v) is 6.69. The van der Waals surface area contributed by atoms with Crippen LogP contribution >= 0.6 is 11.6 Å². The lowest BCUT2D eigenvalue weighted by Crippen LogP contribution is -2.53. The molecule has 0 spiro atoms. The molecule has 0 fully saturated rings. The van der Waals surface area contributed by atoms with Crippen molar-refractivity contribution in [1.82, 2.24) is 0 Å². The molecule has 3 N–H and O–H groups in total. The maximum absolute atomic E-state index is 11.7. The Morgan fingerprint density at radius 3 is 2.68 bits per heavy atom. The van der Waals surface area contributed by atoms with Crippen molar-refractivity contribution in [3.8, 4) is 5.75 Å². The van der Waals surface area contributed by atoms with Crippen LogP contribution in [0.25, 0.3) is 0 Å². The predicted molar refractivity (Wildman–Crippen MR) is 74.4 cm³/mol. The van der Waals surface area contributed by atoms with E-state index in [2.05, 4.69) is 12.7 Å². The Labute approximate surface area is 118 Å². The summed E-state index contributed by atoms with van der Waals surface area (Å²) in [6, 6.07) is 4.95. The maximum atomic E-state index is 11.7. The van der Waals surface area contributed by atoms with E-state index in [1.807, 2.05) is 6.92 Å². The molecule has 19 heavy (non-hydrogen) atoms. The minimum atomic E-state index is -0.449. The molecule has 0 amide bonds. The first kappa shape index (κ1) is 15.8. The zero-order chi connectivity index (χ0) is 14.4. The monoisotopic (exact) mass is 286 g/mol. The fourth-order valence-electron chi connectivity index (χ4n) is 1.82. The minimum Gasteiger partial charge on any atom is -0.490 e. The van der Waals surface area contributed by atoms with E-state index in [1.165, 1.54) is 7.11 Å². The SMILES string of the molecule is COC(=O)c1cc(Cl)ccc1OC(C)CC(C)C[NH3+]. The van der Waals surface area contributed by atoms with Gasteiger partial charge >= 0.3 is 5.97 Å². The van der Waals surface area contributed by atoms with Crippen LogP contribution in [0.2, 0.25) is 5.02 Å². The highest BCUT2D eigenvalue weighted by atomic mass is 35.5. The lowest BCUT2D eigenvalue weighted by atomic mass is 10.0. The van der Waals surface area contributed by atoms with Crippen LogP contribution in [0.1, 0.15) is 30.6 Å². The lowest BCUT2D eigenvalue weighted by molar-refractivity contribution is -0.378. The maximum Gasteiger partial charge on any atom is 0.341 e. The molecule has 0 heterocycles. The van der Waals surface area contributed by atoms with Crippen LogP contribution in [0.4, 0.5) is 0 Å². The molecular formula is C14H21ClNO3+. The van der Waals surface area contributed by atoms with Crippen molar-refractivity contribution in [3.63, 3.8) is 0 Å². The van der Waals surface area contributed by atoms with Crippen LogP contribution in [0, 0.1) is 5.92 Å². The van der Waals surface area contributed by atoms with Crippen LogP contribution in [-0.4, -0.2) is 25.7 Å². The normalized spacial score (nSPS) is 13.7. The number of hydrogen-bond acceptors (Lipinski definition) is 3. The number of carbonyl (C=O) groups excluding carboxylic acids is 1. The fraction of sp³-hybridized carbons (Fsp3) is 0.500. The summed E-state index contributed by atoms with van der Waals surface area (Å²) < 4.78 is 10.5. The Hall–Kier alpha value is -1.26. The van der Waals surface area contributed by atoms with Gasteiger partial charge in [0.15, 0.2) is 0 Å². The zero-order valence-corrected chi connectivity index (χ0v) is 12.4. The molecule has 0 saturated carbocycles. The highest BCUT2D eigenvalue weighted by Crippen LogP contribution is 2.25. The molecule has 0 aliphatic carbocycles. The molecule has 5 heteroatoms. The van der Waals surface area contributed by atoms with Gasteiger partial charge in [0.05, 0.1) is 19.8 Å². The first-order valence-electron chi connectivity index (χ1n) is 6.31. The van der Waals surface area contributed by atoms with E-state index >= 15 is 0 Å². The number of esters is 1. The smallest absolute Gasteiger partial charge is 0.341 e. The molecule has 106 valence electrons. The summed E-state index contributed by atoms with van der Waals surface area (Å²) in [6.07, 6.45) is 0.883. The summed E-state index contributed by atoms with van der Waals surface area (Å²) in [6.45, 7) is 4.95. The Balaban J connectivity index is 2.85. The Morgan fingerprint density at radius 2 is 2.11 bits per heavy atom. The molecule has 2 unspecified atom stereocenters. The summed E-state index contributed by atoms with van der Waals surface area (Å²) >= 11 is 5.89. The summed E-state index contributed by atoms with van der Waals surface area (Å²) in [5.74, 6) is 0.527. The number of benzene rings is 1. The number of halogens is 1. The number of hydrogen-bond donors (Lipinski definition) is 1. The zero-order valence-electron chi connectivity index (χ0n) is 11.6. The van der Waals surface area contributed by atoms with Crippen LogP contribution in [0.3, 0.4) is 0 Å². The lowest BCUT2D eigenvalue weighted by Gasteiger charge is -2.18. The minimum absolute atomic E-state index is 0.00123. The Morgan fingerprint density at radius 1 is 1.42 bits per heavy atom. The van der Waals surface area contributed by atoms with Crippen LogP contribution in [0.15, 0.2) is 18.2 Å². The molecule has 4 nitrogen and oxygen atoms in total. The standard InChI is InChI=1S/C14H20ClNO3/c1-9(8-16)6-10(2)19-13-5-4-11(15)7-12(13)14(17)18-3/h4-5,7,9-10H,6,8,16H2,1-3H3/p+1. The van der Waals surface area contributed by atoms with Gasteiger partial charge in [0.2, 0.25) is 0 Å². The van der Waals surface area contributed by atoms with Gasteiger partial charge in [-0.3, -0.25) is 0 Å². The predicted octanol–water partition coefficient (Wildman–Crippen LogP) is 2.16. The topological polar surface area (TPSA) is 63.2 Å². The molecule has 0 aliphatic heterocycles. The van der Waals surface area contributed by atoms with Crippen molar-refractivity contribution < 1.29 is 20.0 Å².